The molecule has 0 aliphatic rings. The Kier molecular flexibility index (Phi) is 5.15. The second-order valence-electron chi connectivity index (χ2n) is 4.31. The van der Waals surface area contributed by atoms with Crippen molar-refractivity contribution in [2.75, 3.05) is 5.75 Å². The van der Waals surface area contributed by atoms with Crippen molar-refractivity contribution >= 4 is 10.0 Å². The van der Waals surface area contributed by atoms with E-state index in [0.717, 1.165) is 12.0 Å². The number of sulfonamides is 1. The fourth-order valence-electron chi connectivity index (χ4n) is 1.73. The number of benzene rings is 1. The molecule has 1 aromatic rings. The maximum atomic E-state index is 11.7. The van der Waals surface area contributed by atoms with E-state index in [1.54, 1.807) is 0 Å². The fraction of sp³-hybridized carbons (Fsp3) is 0.538. The average molecular weight is 255 g/mol. The third kappa shape index (κ3) is 4.48. The number of nitrogens with one attached hydrogen (secondary N) is 1. The molecule has 0 fully saturated rings. The van der Waals surface area contributed by atoms with Crippen molar-refractivity contribution in [2.45, 2.75) is 39.7 Å². The zero-order valence-electron chi connectivity index (χ0n) is 10.7. The van der Waals surface area contributed by atoms with Crippen molar-refractivity contribution in [3.8, 4) is 0 Å². The zero-order valence-corrected chi connectivity index (χ0v) is 11.5. The van der Waals surface area contributed by atoms with Gasteiger partial charge < -0.3 is 0 Å². The minimum Gasteiger partial charge on any atom is -0.212 e. The summed E-state index contributed by atoms with van der Waals surface area (Å²) in [6.45, 7) is 5.87. The summed E-state index contributed by atoms with van der Waals surface area (Å²) in [6.07, 6.45) is 1.39. The van der Waals surface area contributed by atoms with Crippen LogP contribution in [-0.4, -0.2) is 14.2 Å². The summed E-state index contributed by atoms with van der Waals surface area (Å²) in [4.78, 5) is 0. The largest absolute Gasteiger partial charge is 0.212 e. The molecule has 1 atom stereocenters. The first-order chi connectivity index (χ1) is 7.98. The molecule has 3 nitrogen and oxygen atoms in total. The molecule has 0 saturated heterocycles. The Morgan fingerprint density at radius 1 is 1.18 bits per heavy atom. The Bertz CT molecular complexity index is 437. The third-order valence-electron chi connectivity index (χ3n) is 2.68. The number of hydrogen-bond donors (Lipinski definition) is 1. The zero-order chi connectivity index (χ0) is 12.9. The topological polar surface area (TPSA) is 46.2 Å². The molecule has 1 unspecified atom stereocenters. The van der Waals surface area contributed by atoms with E-state index in [1.165, 1.54) is 5.56 Å². The molecule has 0 heterocycles. The van der Waals surface area contributed by atoms with Crippen LogP contribution in [0.3, 0.4) is 0 Å². The van der Waals surface area contributed by atoms with Crippen LogP contribution in [0.25, 0.3) is 0 Å². The van der Waals surface area contributed by atoms with Gasteiger partial charge in [0.05, 0.1) is 5.75 Å². The highest BCUT2D eigenvalue weighted by molar-refractivity contribution is 7.89. The molecular formula is C13H21NO2S. The molecule has 96 valence electrons. The monoisotopic (exact) mass is 255 g/mol. The molecule has 0 aliphatic carbocycles. The van der Waals surface area contributed by atoms with Gasteiger partial charge in [-0.1, -0.05) is 43.7 Å². The van der Waals surface area contributed by atoms with Crippen molar-refractivity contribution in [2.24, 2.45) is 0 Å². The molecule has 1 aromatic carbocycles. The number of aryl methyl sites for hydroxylation is 1. The smallest absolute Gasteiger partial charge is 0.212 e. The molecule has 0 saturated carbocycles. The van der Waals surface area contributed by atoms with Crippen molar-refractivity contribution < 1.29 is 8.42 Å². The van der Waals surface area contributed by atoms with Crippen LogP contribution in [0.4, 0.5) is 0 Å². The van der Waals surface area contributed by atoms with E-state index < -0.39 is 10.0 Å². The van der Waals surface area contributed by atoms with E-state index in [-0.39, 0.29) is 11.8 Å². The van der Waals surface area contributed by atoms with Gasteiger partial charge in [-0.2, -0.15) is 0 Å². The molecule has 4 heteroatoms. The van der Waals surface area contributed by atoms with Crippen LogP contribution in [0.15, 0.2) is 24.3 Å². The van der Waals surface area contributed by atoms with Crippen molar-refractivity contribution in [3.05, 3.63) is 35.4 Å². The normalized spacial score (nSPS) is 13.6. The molecule has 0 spiro atoms. The SMILES string of the molecule is CCCS(=O)(=O)NC(CC)c1ccc(C)cc1. The molecule has 1 N–H and O–H groups in total. The number of hydrogen-bond acceptors (Lipinski definition) is 2. The van der Waals surface area contributed by atoms with E-state index in [9.17, 15) is 8.42 Å². The van der Waals surface area contributed by atoms with Gasteiger partial charge in [-0.15, -0.1) is 0 Å². The highest BCUT2D eigenvalue weighted by atomic mass is 32.2. The fourth-order valence-corrected chi connectivity index (χ4v) is 3.12. The Labute approximate surface area is 104 Å². The van der Waals surface area contributed by atoms with Crippen LogP contribution in [0.2, 0.25) is 0 Å². The van der Waals surface area contributed by atoms with Crippen LogP contribution in [0, 0.1) is 6.92 Å². The molecule has 1 rings (SSSR count). The van der Waals surface area contributed by atoms with Crippen LogP contribution < -0.4 is 4.72 Å². The summed E-state index contributed by atoms with van der Waals surface area (Å²) < 4.78 is 26.2. The lowest BCUT2D eigenvalue weighted by atomic mass is 10.0. The van der Waals surface area contributed by atoms with E-state index >= 15 is 0 Å². The average Bonchev–Trinajstić information content (AvgIpc) is 2.27. The summed E-state index contributed by atoms with van der Waals surface area (Å²) in [5.74, 6) is 0.190. The molecule has 17 heavy (non-hydrogen) atoms. The second kappa shape index (κ2) is 6.17. The van der Waals surface area contributed by atoms with Crippen molar-refractivity contribution in [1.82, 2.24) is 4.72 Å². The van der Waals surface area contributed by atoms with Gasteiger partial charge in [0, 0.05) is 6.04 Å². The molecule has 0 bridgehead atoms. The first kappa shape index (κ1) is 14.2. The standard InChI is InChI=1S/C13H21NO2S/c1-4-10-17(15,16)14-13(5-2)12-8-6-11(3)7-9-12/h6-9,13-14H,4-5,10H2,1-3H3. The lowest BCUT2D eigenvalue weighted by molar-refractivity contribution is 0.549. The van der Waals surface area contributed by atoms with E-state index in [4.69, 9.17) is 0 Å². The quantitative estimate of drug-likeness (QED) is 0.849. The molecule has 0 aliphatic heterocycles. The van der Waals surface area contributed by atoms with Gasteiger partial charge >= 0.3 is 0 Å². The van der Waals surface area contributed by atoms with Crippen molar-refractivity contribution in [1.29, 1.82) is 0 Å². The van der Waals surface area contributed by atoms with Gasteiger partial charge in [0.25, 0.3) is 0 Å². The van der Waals surface area contributed by atoms with E-state index in [1.807, 2.05) is 45.0 Å². The summed E-state index contributed by atoms with van der Waals surface area (Å²) in [5.41, 5.74) is 2.21. The van der Waals surface area contributed by atoms with Crippen LogP contribution >= 0.6 is 0 Å². The van der Waals surface area contributed by atoms with E-state index in [0.29, 0.717) is 6.42 Å². The predicted octanol–water partition coefficient (Wildman–Crippen LogP) is 2.78. The molecular weight excluding hydrogens is 234 g/mol. The molecule has 0 aromatic heterocycles. The van der Waals surface area contributed by atoms with Crippen LogP contribution in [0.1, 0.15) is 43.9 Å². The molecule has 0 radical (unpaired) electrons. The van der Waals surface area contributed by atoms with Gasteiger partial charge in [0.2, 0.25) is 10.0 Å². The summed E-state index contributed by atoms with van der Waals surface area (Å²) in [6, 6.07) is 7.86. The maximum Gasteiger partial charge on any atom is 0.212 e. The first-order valence-corrected chi connectivity index (χ1v) is 7.70. The third-order valence-corrected chi connectivity index (χ3v) is 4.27. The summed E-state index contributed by atoms with van der Waals surface area (Å²) >= 11 is 0. The lowest BCUT2D eigenvalue weighted by Crippen LogP contribution is -2.30. The Balaban J connectivity index is 2.82. The number of rotatable bonds is 6. The van der Waals surface area contributed by atoms with Gasteiger partial charge in [-0.3, -0.25) is 0 Å². The first-order valence-electron chi connectivity index (χ1n) is 6.05. The minimum atomic E-state index is -3.15. The van der Waals surface area contributed by atoms with Crippen LogP contribution in [-0.2, 0) is 10.0 Å². The highest BCUT2D eigenvalue weighted by Gasteiger charge is 2.16. The maximum absolute atomic E-state index is 11.7. The van der Waals surface area contributed by atoms with Gasteiger partial charge in [-0.05, 0) is 25.3 Å². The molecule has 0 amide bonds. The predicted molar refractivity (Wildman–Crippen MR) is 71.4 cm³/mol. The van der Waals surface area contributed by atoms with E-state index in [2.05, 4.69) is 4.72 Å². The van der Waals surface area contributed by atoms with Gasteiger partial charge in [-0.25, -0.2) is 13.1 Å². The summed E-state index contributed by atoms with van der Waals surface area (Å²) in [7, 11) is -3.15. The van der Waals surface area contributed by atoms with Crippen LogP contribution in [0.5, 0.6) is 0 Å². The minimum absolute atomic E-state index is 0.118. The van der Waals surface area contributed by atoms with Gasteiger partial charge in [0.1, 0.15) is 0 Å². The summed E-state index contributed by atoms with van der Waals surface area (Å²) in [5, 5.41) is 0. The lowest BCUT2D eigenvalue weighted by Gasteiger charge is -2.17. The van der Waals surface area contributed by atoms with Crippen molar-refractivity contribution in [3.63, 3.8) is 0 Å². The van der Waals surface area contributed by atoms with Gasteiger partial charge in [0.15, 0.2) is 0 Å². The second-order valence-corrected chi connectivity index (χ2v) is 6.18. The Morgan fingerprint density at radius 2 is 1.76 bits per heavy atom. The Morgan fingerprint density at radius 3 is 2.24 bits per heavy atom. The highest BCUT2D eigenvalue weighted by Crippen LogP contribution is 2.18. The Hall–Kier alpha value is -0.870.